The number of halogens is 1. The molecule has 1 amide bonds. The monoisotopic (exact) mass is 271 g/mol. The van der Waals surface area contributed by atoms with E-state index in [1.165, 1.54) is 0 Å². The summed E-state index contributed by atoms with van der Waals surface area (Å²) in [5.74, 6) is 0.814. The number of amides is 1. The maximum Gasteiger partial charge on any atom is 0.287 e. The normalized spacial score (nSPS) is 9.87. The Balaban J connectivity index is 2.98. The summed E-state index contributed by atoms with van der Waals surface area (Å²) in [6.07, 6.45) is 0. The van der Waals surface area contributed by atoms with E-state index in [2.05, 4.69) is 27.3 Å². The Labute approximate surface area is 97.9 Å². The zero-order valence-corrected chi connectivity index (χ0v) is 10.6. The summed E-state index contributed by atoms with van der Waals surface area (Å²) < 4.78 is 5.27. The summed E-state index contributed by atoms with van der Waals surface area (Å²) in [5, 5.41) is 2.69. The maximum atomic E-state index is 10.8. The number of benzene rings is 1. The molecule has 0 fully saturated rings. The first-order valence-electron chi connectivity index (χ1n) is 4.62. The molecule has 0 aliphatic heterocycles. The van der Waals surface area contributed by atoms with E-state index in [4.69, 9.17) is 4.74 Å². The lowest BCUT2D eigenvalue weighted by molar-refractivity contribution is 0.261. The lowest BCUT2D eigenvalue weighted by atomic mass is 10.0. The van der Waals surface area contributed by atoms with Gasteiger partial charge in [0.25, 0.3) is 4.82 Å². The highest BCUT2D eigenvalue weighted by molar-refractivity contribution is 9.18. The fourth-order valence-electron chi connectivity index (χ4n) is 1.53. The molecule has 0 saturated carbocycles. The highest BCUT2D eigenvalue weighted by atomic mass is 79.9. The zero-order valence-electron chi connectivity index (χ0n) is 9.06. The van der Waals surface area contributed by atoms with Crippen LogP contribution in [0.4, 0.5) is 4.79 Å². The van der Waals surface area contributed by atoms with Crippen molar-refractivity contribution in [1.29, 1.82) is 0 Å². The molecular formula is C11H14BrNO2. The van der Waals surface area contributed by atoms with Gasteiger partial charge in [0.05, 0.1) is 7.11 Å². The van der Waals surface area contributed by atoms with Crippen molar-refractivity contribution in [2.24, 2.45) is 0 Å². The molecule has 0 atom stereocenters. The van der Waals surface area contributed by atoms with Crippen molar-refractivity contribution in [1.82, 2.24) is 5.32 Å². The smallest absolute Gasteiger partial charge is 0.287 e. The molecule has 0 heterocycles. The SMILES string of the molecule is COc1cc(C)cc(C)c1CNC(=O)Br. The van der Waals surface area contributed by atoms with Crippen molar-refractivity contribution in [3.63, 3.8) is 0 Å². The second kappa shape index (κ2) is 5.16. The quantitative estimate of drug-likeness (QED) is 0.678. The van der Waals surface area contributed by atoms with Crippen LogP contribution in [-0.4, -0.2) is 11.9 Å². The summed E-state index contributed by atoms with van der Waals surface area (Å²) in [4.78, 5) is 10.5. The van der Waals surface area contributed by atoms with E-state index in [-0.39, 0.29) is 4.82 Å². The highest BCUT2D eigenvalue weighted by Crippen LogP contribution is 2.23. The van der Waals surface area contributed by atoms with Gasteiger partial charge in [-0.3, -0.25) is 4.79 Å². The van der Waals surface area contributed by atoms with Gasteiger partial charge in [0.1, 0.15) is 5.75 Å². The van der Waals surface area contributed by atoms with Crippen LogP contribution in [0, 0.1) is 13.8 Å². The summed E-state index contributed by atoms with van der Waals surface area (Å²) in [5.41, 5.74) is 3.28. The van der Waals surface area contributed by atoms with E-state index in [9.17, 15) is 4.79 Å². The third kappa shape index (κ3) is 3.23. The minimum absolute atomic E-state index is 0.218. The predicted octanol–water partition coefficient (Wildman–Crippen LogP) is 2.92. The standard InChI is InChI=1S/C11H14BrNO2/c1-7-4-8(2)9(6-13-11(12)14)10(5-7)15-3/h4-5H,6H2,1-3H3,(H,13,14). The van der Waals surface area contributed by atoms with Crippen LogP contribution < -0.4 is 10.1 Å². The van der Waals surface area contributed by atoms with Gasteiger partial charge in [-0.15, -0.1) is 0 Å². The summed E-state index contributed by atoms with van der Waals surface area (Å²) in [6, 6.07) is 4.03. The van der Waals surface area contributed by atoms with Gasteiger partial charge in [0.2, 0.25) is 0 Å². The van der Waals surface area contributed by atoms with Crippen molar-refractivity contribution in [2.45, 2.75) is 20.4 Å². The number of nitrogens with one attached hydrogen (secondary N) is 1. The molecule has 0 spiro atoms. The fourth-order valence-corrected chi connectivity index (χ4v) is 1.67. The zero-order chi connectivity index (χ0) is 11.4. The number of aryl methyl sites for hydroxylation is 2. The molecule has 1 rings (SSSR count). The van der Waals surface area contributed by atoms with Crippen molar-refractivity contribution in [2.75, 3.05) is 7.11 Å². The van der Waals surface area contributed by atoms with Gasteiger partial charge in [0, 0.05) is 28.0 Å². The molecule has 1 N–H and O–H groups in total. The topological polar surface area (TPSA) is 38.3 Å². The molecule has 15 heavy (non-hydrogen) atoms. The fraction of sp³-hybridized carbons (Fsp3) is 0.364. The van der Waals surface area contributed by atoms with Crippen molar-refractivity contribution in [3.8, 4) is 5.75 Å². The van der Waals surface area contributed by atoms with Gasteiger partial charge >= 0.3 is 0 Å². The Bertz CT molecular complexity index is 377. The third-order valence-electron chi connectivity index (χ3n) is 2.20. The second-order valence-corrected chi connectivity index (χ2v) is 4.11. The maximum absolute atomic E-state index is 10.8. The van der Waals surface area contributed by atoms with Crippen LogP contribution in [-0.2, 0) is 6.54 Å². The lowest BCUT2D eigenvalue weighted by Crippen LogP contribution is -2.16. The van der Waals surface area contributed by atoms with E-state index in [0.717, 1.165) is 22.4 Å². The second-order valence-electron chi connectivity index (χ2n) is 3.39. The van der Waals surface area contributed by atoms with E-state index in [1.54, 1.807) is 7.11 Å². The van der Waals surface area contributed by atoms with Crippen LogP contribution in [0.2, 0.25) is 0 Å². The van der Waals surface area contributed by atoms with Crippen LogP contribution >= 0.6 is 15.9 Å². The Hall–Kier alpha value is -1.03. The molecular weight excluding hydrogens is 258 g/mol. The third-order valence-corrected chi connectivity index (χ3v) is 2.48. The number of rotatable bonds is 3. The van der Waals surface area contributed by atoms with Crippen LogP contribution in [0.3, 0.4) is 0 Å². The van der Waals surface area contributed by atoms with Gasteiger partial charge in [-0.25, -0.2) is 0 Å². The number of carbonyl (C=O) groups excluding carboxylic acids is 1. The average Bonchev–Trinajstić information content (AvgIpc) is 2.14. The van der Waals surface area contributed by atoms with E-state index in [0.29, 0.717) is 6.54 Å². The van der Waals surface area contributed by atoms with E-state index >= 15 is 0 Å². The Kier molecular flexibility index (Phi) is 4.15. The largest absolute Gasteiger partial charge is 0.496 e. The Morgan fingerprint density at radius 3 is 2.67 bits per heavy atom. The summed E-state index contributed by atoms with van der Waals surface area (Å²) in [7, 11) is 1.63. The van der Waals surface area contributed by atoms with Crippen molar-refractivity contribution in [3.05, 3.63) is 28.8 Å². The Morgan fingerprint density at radius 1 is 1.47 bits per heavy atom. The number of hydrogen-bond donors (Lipinski definition) is 1. The molecule has 82 valence electrons. The first kappa shape index (κ1) is 12.0. The van der Waals surface area contributed by atoms with Crippen LogP contribution in [0.25, 0.3) is 0 Å². The van der Waals surface area contributed by atoms with Gasteiger partial charge in [-0.05, 0) is 31.0 Å². The first-order valence-corrected chi connectivity index (χ1v) is 5.41. The Morgan fingerprint density at radius 2 is 2.13 bits per heavy atom. The molecule has 0 unspecified atom stereocenters. The van der Waals surface area contributed by atoms with E-state index < -0.39 is 0 Å². The van der Waals surface area contributed by atoms with Gasteiger partial charge in [-0.2, -0.15) is 0 Å². The lowest BCUT2D eigenvalue weighted by Gasteiger charge is -2.12. The highest BCUT2D eigenvalue weighted by Gasteiger charge is 2.08. The predicted molar refractivity (Wildman–Crippen MR) is 63.6 cm³/mol. The van der Waals surface area contributed by atoms with Gasteiger partial charge in [0.15, 0.2) is 0 Å². The van der Waals surface area contributed by atoms with Crippen LogP contribution in [0.1, 0.15) is 16.7 Å². The van der Waals surface area contributed by atoms with Crippen LogP contribution in [0.5, 0.6) is 5.75 Å². The van der Waals surface area contributed by atoms with Crippen molar-refractivity contribution < 1.29 is 9.53 Å². The number of hydrogen-bond acceptors (Lipinski definition) is 2. The minimum Gasteiger partial charge on any atom is -0.496 e. The van der Waals surface area contributed by atoms with E-state index in [1.807, 2.05) is 19.9 Å². The van der Waals surface area contributed by atoms with Gasteiger partial charge < -0.3 is 10.1 Å². The molecule has 0 aliphatic carbocycles. The molecule has 1 aromatic rings. The number of ether oxygens (including phenoxy) is 1. The van der Waals surface area contributed by atoms with Gasteiger partial charge in [-0.1, -0.05) is 6.07 Å². The summed E-state index contributed by atoms with van der Waals surface area (Å²) in [6.45, 7) is 4.49. The molecule has 4 heteroatoms. The molecule has 0 aliphatic rings. The average molecular weight is 272 g/mol. The number of carbonyl (C=O) groups is 1. The molecule has 0 aromatic heterocycles. The molecule has 1 aromatic carbocycles. The van der Waals surface area contributed by atoms with Crippen LogP contribution in [0.15, 0.2) is 12.1 Å². The molecule has 0 saturated heterocycles. The molecule has 3 nitrogen and oxygen atoms in total. The van der Waals surface area contributed by atoms with Crippen molar-refractivity contribution >= 4 is 20.7 Å². The number of methoxy groups -OCH3 is 1. The first-order chi connectivity index (χ1) is 7.04. The molecule has 0 bridgehead atoms. The summed E-state index contributed by atoms with van der Waals surface area (Å²) >= 11 is 2.83. The minimum atomic E-state index is -0.218. The molecule has 0 radical (unpaired) electrons.